The first-order valence-electron chi connectivity index (χ1n) is 4.27. The molecule has 1 radical (unpaired) electrons. The largest absolute Gasteiger partial charge is 0.492 e. The molecule has 15 heavy (non-hydrogen) atoms. The van der Waals surface area contributed by atoms with Crippen LogP contribution >= 0.6 is 34.8 Å². The molecule has 5 heteroatoms. The summed E-state index contributed by atoms with van der Waals surface area (Å²) in [6.07, 6.45) is 2.72. The summed E-state index contributed by atoms with van der Waals surface area (Å²) >= 11 is 17.4. The van der Waals surface area contributed by atoms with E-state index in [2.05, 4.69) is 0 Å². The van der Waals surface area contributed by atoms with Gasteiger partial charge in [0.2, 0.25) is 0 Å². The number of unbranched alkanes of at least 4 members (excludes halogenated alkanes) is 1. The summed E-state index contributed by atoms with van der Waals surface area (Å²) in [7, 11) is 0. The van der Waals surface area contributed by atoms with Gasteiger partial charge in [-0.25, -0.2) is 0 Å². The van der Waals surface area contributed by atoms with Crippen molar-refractivity contribution in [3.05, 3.63) is 27.2 Å². The summed E-state index contributed by atoms with van der Waals surface area (Å²) in [5.74, 6) is 0.469. The molecule has 0 atom stereocenters. The molecule has 1 aromatic carbocycles. The predicted octanol–water partition coefficient (Wildman–Crippen LogP) is 3.92. The first-order chi connectivity index (χ1) is 7.15. The van der Waals surface area contributed by atoms with Crippen LogP contribution in [0.5, 0.6) is 5.75 Å². The molecule has 0 aromatic heterocycles. The molecule has 0 saturated carbocycles. The van der Waals surface area contributed by atoms with E-state index in [1.807, 2.05) is 0 Å². The Kier molecular flexibility index (Phi) is 5.23. The zero-order valence-electron chi connectivity index (χ0n) is 7.73. The van der Waals surface area contributed by atoms with Crippen LogP contribution in [-0.2, 0) is 4.79 Å². The van der Waals surface area contributed by atoms with E-state index in [-0.39, 0.29) is 0 Å². The fourth-order valence-electron chi connectivity index (χ4n) is 0.941. The lowest BCUT2D eigenvalue weighted by molar-refractivity contribution is 0.313. The third-order valence-corrected chi connectivity index (χ3v) is 2.67. The highest BCUT2D eigenvalue weighted by Crippen LogP contribution is 2.33. The third-order valence-electron chi connectivity index (χ3n) is 1.66. The number of rotatable bonds is 5. The SMILES string of the molecule is O=[C]CCCOc1cc(Cl)c(Cl)cc1Cl. The van der Waals surface area contributed by atoms with Crippen molar-refractivity contribution in [3.63, 3.8) is 0 Å². The molecule has 1 aromatic rings. The zero-order chi connectivity index (χ0) is 11.3. The zero-order valence-corrected chi connectivity index (χ0v) is 9.99. The molecular formula is C10H8Cl3O2. The van der Waals surface area contributed by atoms with Crippen molar-refractivity contribution in [2.75, 3.05) is 6.61 Å². The minimum Gasteiger partial charge on any atom is -0.492 e. The van der Waals surface area contributed by atoms with Gasteiger partial charge in [-0.05, 0) is 12.5 Å². The number of hydrogen-bond acceptors (Lipinski definition) is 2. The molecule has 0 fully saturated rings. The normalized spacial score (nSPS) is 10.1. The summed E-state index contributed by atoms with van der Waals surface area (Å²) in [5, 5.41) is 1.17. The molecule has 0 heterocycles. The molecule has 0 aliphatic carbocycles. The van der Waals surface area contributed by atoms with E-state index in [4.69, 9.17) is 39.5 Å². The van der Waals surface area contributed by atoms with Crippen LogP contribution in [0.3, 0.4) is 0 Å². The van der Waals surface area contributed by atoms with Gasteiger partial charge < -0.3 is 4.74 Å². The Morgan fingerprint density at radius 1 is 1.13 bits per heavy atom. The molecule has 0 saturated heterocycles. The second-order valence-corrected chi connectivity index (χ2v) is 4.01. The highest BCUT2D eigenvalue weighted by molar-refractivity contribution is 6.43. The van der Waals surface area contributed by atoms with Gasteiger partial charge in [0.05, 0.1) is 21.7 Å². The van der Waals surface area contributed by atoms with Gasteiger partial charge in [0.15, 0.2) is 6.29 Å². The van der Waals surface area contributed by atoms with E-state index in [0.29, 0.717) is 40.3 Å². The Balaban J connectivity index is 2.61. The number of benzene rings is 1. The molecular weight excluding hydrogens is 258 g/mol. The van der Waals surface area contributed by atoms with Crippen molar-refractivity contribution in [3.8, 4) is 5.75 Å². The summed E-state index contributed by atoms with van der Waals surface area (Å²) in [4.78, 5) is 9.94. The van der Waals surface area contributed by atoms with Crippen LogP contribution in [0.1, 0.15) is 12.8 Å². The van der Waals surface area contributed by atoms with Crippen molar-refractivity contribution in [2.45, 2.75) is 12.8 Å². The maximum atomic E-state index is 9.94. The van der Waals surface area contributed by atoms with Crippen LogP contribution in [-0.4, -0.2) is 12.9 Å². The van der Waals surface area contributed by atoms with E-state index in [0.717, 1.165) is 0 Å². The summed E-state index contributed by atoms with van der Waals surface area (Å²) < 4.78 is 5.32. The highest BCUT2D eigenvalue weighted by Gasteiger charge is 2.06. The van der Waals surface area contributed by atoms with Crippen LogP contribution in [0.25, 0.3) is 0 Å². The number of ether oxygens (including phenoxy) is 1. The molecule has 81 valence electrons. The second-order valence-electron chi connectivity index (χ2n) is 2.79. The second kappa shape index (κ2) is 6.21. The smallest absolute Gasteiger partial charge is 0.198 e. The summed E-state index contributed by atoms with van der Waals surface area (Å²) in [6.45, 7) is 0.396. The van der Waals surface area contributed by atoms with Gasteiger partial charge in [0.1, 0.15) is 5.75 Å². The van der Waals surface area contributed by atoms with Crippen LogP contribution in [0, 0.1) is 0 Å². The molecule has 0 bridgehead atoms. The Hall–Kier alpha value is -0.440. The lowest BCUT2D eigenvalue weighted by Crippen LogP contribution is -1.98. The predicted molar refractivity (Wildman–Crippen MR) is 61.9 cm³/mol. The summed E-state index contributed by atoms with van der Waals surface area (Å²) in [6, 6.07) is 3.07. The van der Waals surface area contributed by atoms with Gasteiger partial charge in [-0.3, -0.25) is 4.79 Å². The first kappa shape index (κ1) is 12.6. The van der Waals surface area contributed by atoms with Crippen molar-refractivity contribution in [2.24, 2.45) is 0 Å². The molecule has 2 nitrogen and oxygen atoms in total. The highest BCUT2D eigenvalue weighted by atomic mass is 35.5. The van der Waals surface area contributed by atoms with Crippen molar-refractivity contribution in [1.82, 2.24) is 0 Å². The van der Waals surface area contributed by atoms with Gasteiger partial charge in [0, 0.05) is 12.5 Å². The Morgan fingerprint density at radius 3 is 2.47 bits per heavy atom. The molecule has 0 unspecified atom stereocenters. The molecule has 1 rings (SSSR count). The van der Waals surface area contributed by atoms with Gasteiger partial charge in [0.25, 0.3) is 0 Å². The fraction of sp³-hybridized carbons (Fsp3) is 0.300. The Labute approximate surface area is 103 Å². The van der Waals surface area contributed by atoms with Crippen molar-refractivity contribution in [1.29, 1.82) is 0 Å². The lowest BCUT2D eigenvalue weighted by atomic mass is 10.3. The van der Waals surface area contributed by atoms with E-state index in [1.165, 1.54) is 6.07 Å². The molecule has 0 N–H and O–H groups in total. The van der Waals surface area contributed by atoms with Gasteiger partial charge in [-0.2, -0.15) is 0 Å². The van der Waals surface area contributed by atoms with Gasteiger partial charge >= 0.3 is 0 Å². The van der Waals surface area contributed by atoms with E-state index < -0.39 is 0 Å². The quantitative estimate of drug-likeness (QED) is 0.596. The van der Waals surface area contributed by atoms with E-state index in [9.17, 15) is 4.79 Å². The Morgan fingerprint density at radius 2 is 1.80 bits per heavy atom. The minimum absolute atomic E-state index is 0.346. The molecule has 0 aliphatic rings. The van der Waals surface area contributed by atoms with Gasteiger partial charge in [-0.15, -0.1) is 0 Å². The minimum atomic E-state index is 0.346. The van der Waals surface area contributed by atoms with Crippen molar-refractivity contribution < 1.29 is 9.53 Å². The first-order valence-corrected chi connectivity index (χ1v) is 5.41. The lowest BCUT2D eigenvalue weighted by Gasteiger charge is -2.08. The third kappa shape index (κ3) is 3.90. The van der Waals surface area contributed by atoms with E-state index in [1.54, 1.807) is 12.4 Å². The number of carbonyl (C=O) groups excluding carboxylic acids is 1. The molecule has 0 spiro atoms. The number of halogens is 3. The standard InChI is InChI=1S/C10H8Cl3O2/c11-7-5-9(13)10(6-8(7)12)15-4-2-1-3-14/h5-6H,1-2,4H2. The van der Waals surface area contributed by atoms with Crippen LogP contribution in [0.2, 0.25) is 15.1 Å². The monoisotopic (exact) mass is 265 g/mol. The average Bonchev–Trinajstić information content (AvgIpc) is 2.20. The maximum absolute atomic E-state index is 9.94. The summed E-state index contributed by atoms with van der Waals surface area (Å²) in [5.41, 5.74) is 0. The molecule has 0 aliphatic heterocycles. The van der Waals surface area contributed by atoms with Crippen LogP contribution in [0.4, 0.5) is 0 Å². The maximum Gasteiger partial charge on any atom is 0.198 e. The average molecular weight is 267 g/mol. The van der Waals surface area contributed by atoms with Crippen molar-refractivity contribution >= 4 is 41.1 Å². The Bertz CT molecular complexity index is 353. The van der Waals surface area contributed by atoms with Crippen LogP contribution in [0.15, 0.2) is 12.1 Å². The van der Waals surface area contributed by atoms with E-state index >= 15 is 0 Å². The number of hydrogen-bond donors (Lipinski definition) is 0. The molecule has 0 amide bonds. The topological polar surface area (TPSA) is 26.3 Å². The van der Waals surface area contributed by atoms with Gasteiger partial charge in [-0.1, -0.05) is 34.8 Å². The fourth-order valence-corrected chi connectivity index (χ4v) is 1.53. The van der Waals surface area contributed by atoms with Crippen LogP contribution < -0.4 is 4.74 Å².